The minimum Gasteiger partial charge on any atom is -0.349 e. The second-order valence-corrected chi connectivity index (χ2v) is 5.83. The number of likely N-dealkylation sites (tertiary alicyclic amines) is 1. The maximum absolute atomic E-state index is 11.3. The van der Waals surface area contributed by atoms with Gasteiger partial charge in [0, 0.05) is 20.0 Å². The highest BCUT2D eigenvalue weighted by Crippen LogP contribution is 2.32. The van der Waals surface area contributed by atoms with Crippen molar-refractivity contribution >= 4 is 11.7 Å². The van der Waals surface area contributed by atoms with E-state index in [9.17, 15) is 9.59 Å². The Kier molecular flexibility index (Phi) is 4.69. The van der Waals surface area contributed by atoms with Crippen LogP contribution in [0.5, 0.6) is 0 Å². The molecule has 17 heavy (non-hydrogen) atoms. The Bertz CT molecular complexity index is 300. The first-order valence-electron chi connectivity index (χ1n) is 6.30. The van der Waals surface area contributed by atoms with E-state index < -0.39 is 11.7 Å². The zero-order chi connectivity index (χ0) is 13.1. The summed E-state index contributed by atoms with van der Waals surface area (Å²) in [7, 11) is 2.14. The smallest absolute Gasteiger partial charge is 0.287 e. The number of nitrogens with zero attached hydrogens (tertiary/aromatic N) is 1. The second-order valence-electron chi connectivity index (χ2n) is 5.83. The minimum absolute atomic E-state index is 0.0415. The fourth-order valence-electron chi connectivity index (χ4n) is 2.38. The number of carbonyl (C=O) groups excluding carboxylic acids is 2. The van der Waals surface area contributed by atoms with Crippen molar-refractivity contribution in [2.75, 3.05) is 26.7 Å². The van der Waals surface area contributed by atoms with Gasteiger partial charge in [-0.2, -0.15) is 0 Å². The summed E-state index contributed by atoms with van der Waals surface area (Å²) in [5.41, 5.74) is 0.0415. The van der Waals surface area contributed by atoms with Gasteiger partial charge < -0.3 is 10.2 Å². The monoisotopic (exact) mass is 240 g/mol. The lowest BCUT2D eigenvalue weighted by atomic mass is 9.74. The minimum atomic E-state index is -0.470. The summed E-state index contributed by atoms with van der Waals surface area (Å²) in [6.07, 6.45) is 2.42. The average Bonchev–Trinajstić information content (AvgIpc) is 2.26. The van der Waals surface area contributed by atoms with Gasteiger partial charge in [0.05, 0.1) is 0 Å². The van der Waals surface area contributed by atoms with Gasteiger partial charge in [-0.15, -0.1) is 0 Å². The van der Waals surface area contributed by atoms with Crippen LogP contribution in [0, 0.1) is 11.3 Å². The molecule has 0 radical (unpaired) electrons. The molecule has 1 heterocycles. The topological polar surface area (TPSA) is 49.4 Å². The predicted molar refractivity (Wildman–Crippen MR) is 67.7 cm³/mol. The molecule has 1 rings (SSSR count). The average molecular weight is 240 g/mol. The van der Waals surface area contributed by atoms with Crippen molar-refractivity contribution in [1.29, 1.82) is 0 Å². The van der Waals surface area contributed by atoms with Crippen molar-refractivity contribution < 1.29 is 9.59 Å². The Labute approximate surface area is 104 Å². The second kappa shape index (κ2) is 5.63. The van der Waals surface area contributed by atoms with Crippen LogP contribution < -0.4 is 5.32 Å². The normalized spacial score (nSPS) is 22.2. The first-order chi connectivity index (χ1) is 7.83. The number of rotatable bonds is 4. The number of hydrogen-bond acceptors (Lipinski definition) is 3. The van der Waals surface area contributed by atoms with Crippen molar-refractivity contribution in [2.45, 2.75) is 33.6 Å². The number of nitrogens with one attached hydrogen (secondary N) is 1. The summed E-state index contributed by atoms with van der Waals surface area (Å²) in [6.45, 7) is 8.43. The van der Waals surface area contributed by atoms with Crippen LogP contribution in [0.1, 0.15) is 33.6 Å². The summed E-state index contributed by atoms with van der Waals surface area (Å²) in [4.78, 5) is 24.5. The third kappa shape index (κ3) is 4.11. The van der Waals surface area contributed by atoms with E-state index in [1.807, 2.05) is 0 Å². The fraction of sp³-hybridized carbons (Fsp3) is 0.846. The molecule has 0 aromatic heterocycles. The Morgan fingerprint density at radius 1 is 1.41 bits per heavy atom. The molecule has 0 spiro atoms. The first kappa shape index (κ1) is 14.2. The lowest BCUT2D eigenvalue weighted by molar-refractivity contribution is -0.137. The van der Waals surface area contributed by atoms with Gasteiger partial charge in [0.1, 0.15) is 0 Å². The molecule has 98 valence electrons. The SMILES string of the molecule is CC(=O)C(=O)NCC(C)(C)C1CCCN(C)C1. The van der Waals surface area contributed by atoms with Crippen LogP contribution in [0.25, 0.3) is 0 Å². The predicted octanol–water partition coefficient (Wildman–Crippen LogP) is 1.06. The van der Waals surface area contributed by atoms with Gasteiger partial charge in [-0.1, -0.05) is 13.8 Å². The lowest BCUT2D eigenvalue weighted by Gasteiger charge is -2.40. The molecule has 1 N–H and O–H groups in total. The fourth-order valence-corrected chi connectivity index (χ4v) is 2.38. The molecule has 1 aliphatic rings. The molecule has 0 saturated carbocycles. The molecule has 4 nitrogen and oxygen atoms in total. The van der Waals surface area contributed by atoms with Gasteiger partial charge in [-0.3, -0.25) is 9.59 Å². The van der Waals surface area contributed by atoms with Crippen molar-refractivity contribution in [3.05, 3.63) is 0 Å². The summed E-state index contributed by atoms with van der Waals surface area (Å²) in [5.74, 6) is -0.308. The zero-order valence-electron chi connectivity index (χ0n) is 11.4. The van der Waals surface area contributed by atoms with Crippen LogP contribution >= 0.6 is 0 Å². The summed E-state index contributed by atoms with van der Waals surface area (Å²) in [5, 5.41) is 2.73. The van der Waals surface area contributed by atoms with Crippen molar-refractivity contribution in [3.8, 4) is 0 Å². The molecule has 1 amide bonds. The third-order valence-electron chi connectivity index (χ3n) is 3.75. The van der Waals surface area contributed by atoms with Gasteiger partial charge >= 0.3 is 0 Å². The zero-order valence-corrected chi connectivity index (χ0v) is 11.4. The molecule has 0 aromatic rings. The number of amides is 1. The van der Waals surface area contributed by atoms with Gasteiger partial charge in [0.2, 0.25) is 5.78 Å². The molecule has 1 aliphatic heterocycles. The maximum atomic E-state index is 11.3. The molecule has 1 fully saturated rings. The highest BCUT2D eigenvalue weighted by molar-refractivity contribution is 6.35. The van der Waals surface area contributed by atoms with Gasteiger partial charge in [0.25, 0.3) is 5.91 Å². The molecule has 0 bridgehead atoms. The summed E-state index contributed by atoms with van der Waals surface area (Å²) in [6, 6.07) is 0. The van der Waals surface area contributed by atoms with Crippen LogP contribution in [0.3, 0.4) is 0 Å². The third-order valence-corrected chi connectivity index (χ3v) is 3.75. The van der Waals surface area contributed by atoms with Gasteiger partial charge in [0.15, 0.2) is 0 Å². The van der Waals surface area contributed by atoms with Crippen molar-refractivity contribution in [1.82, 2.24) is 10.2 Å². The summed E-state index contributed by atoms with van der Waals surface area (Å²) < 4.78 is 0. The number of piperidine rings is 1. The van der Waals surface area contributed by atoms with Crippen LogP contribution in [0.15, 0.2) is 0 Å². The maximum Gasteiger partial charge on any atom is 0.287 e. The van der Waals surface area contributed by atoms with E-state index >= 15 is 0 Å². The van der Waals surface area contributed by atoms with Gasteiger partial charge in [-0.05, 0) is 37.8 Å². The summed E-state index contributed by atoms with van der Waals surface area (Å²) >= 11 is 0. The van der Waals surface area contributed by atoms with Crippen LogP contribution in [0.4, 0.5) is 0 Å². The van der Waals surface area contributed by atoms with E-state index in [1.165, 1.54) is 19.8 Å². The number of carbonyl (C=O) groups is 2. The van der Waals surface area contributed by atoms with Crippen LogP contribution in [0.2, 0.25) is 0 Å². The van der Waals surface area contributed by atoms with E-state index in [1.54, 1.807) is 0 Å². The largest absolute Gasteiger partial charge is 0.349 e. The Morgan fingerprint density at radius 2 is 2.06 bits per heavy atom. The molecule has 4 heteroatoms. The standard InChI is InChI=1S/C13H24N2O2/c1-10(16)12(17)14-9-13(2,3)11-6-5-7-15(4)8-11/h11H,5-9H2,1-4H3,(H,14,17). The number of ketones is 1. The van der Waals surface area contributed by atoms with Crippen molar-refractivity contribution in [3.63, 3.8) is 0 Å². The van der Waals surface area contributed by atoms with E-state index in [0.717, 1.165) is 13.1 Å². The molecular weight excluding hydrogens is 216 g/mol. The van der Waals surface area contributed by atoms with E-state index in [2.05, 4.69) is 31.1 Å². The van der Waals surface area contributed by atoms with E-state index in [0.29, 0.717) is 12.5 Å². The highest BCUT2D eigenvalue weighted by atomic mass is 16.2. The van der Waals surface area contributed by atoms with E-state index in [-0.39, 0.29) is 5.41 Å². The molecule has 1 atom stereocenters. The lowest BCUT2D eigenvalue weighted by Crippen LogP contribution is -2.46. The Balaban J connectivity index is 2.49. The molecular formula is C13H24N2O2. The number of hydrogen-bond donors (Lipinski definition) is 1. The van der Waals surface area contributed by atoms with Crippen molar-refractivity contribution in [2.24, 2.45) is 11.3 Å². The highest BCUT2D eigenvalue weighted by Gasteiger charge is 2.32. The molecule has 0 aromatic carbocycles. The molecule has 1 unspecified atom stereocenters. The molecule has 1 saturated heterocycles. The number of Topliss-reactive ketones (excluding diaryl/α,β-unsaturated/α-hetero) is 1. The van der Waals surface area contributed by atoms with Gasteiger partial charge in [-0.25, -0.2) is 0 Å². The first-order valence-corrected chi connectivity index (χ1v) is 6.30. The van der Waals surface area contributed by atoms with E-state index in [4.69, 9.17) is 0 Å². The Hall–Kier alpha value is -0.900. The van der Waals surface area contributed by atoms with Crippen LogP contribution in [-0.2, 0) is 9.59 Å². The van der Waals surface area contributed by atoms with Crippen LogP contribution in [-0.4, -0.2) is 43.3 Å². The quantitative estimate of drug-likeness (QED) is 0.748. The molecule has 0 aliphatic carbocycles. The Morgan fingerprint density at radius 3 is 2.59 bits per heavy atom.